The fourth-order valence-corrected chi connectivity index (χ4v) is 3.44. The van der Waals surface area contributed by atoms with Crippen molar-refractivity contribution in [2.75, 3.05) is 26.7 Å². The number of imidazole rings is 1. The first-order valence-electron chi connectivity index (χ1n) is 7.58. The highest BCUT2D eigenvalue weighted by Crippen LogP contribution is 2.37. The Kier molecular flexibility index (Phi) is 6.51. The molecule has 0 bridgehead atoms. The summed E-state index contributed by atoms with van der Waals surface area (Å²) in [5.74, 6) is 1.67. The maximum Gasteiger partial charge on any atom is 0.172 e. The van der Waals surface area contributed by atoms with Crippen LogP contribution >= 0.6 is 28.3 Å². The van der Waals surface area contributed by atoms with Crippen molar-refractivity contribution in [2.45, 2.75) is 12.6 Å². The molecule has 0 radical (unpaired) electrons. The zero-order valence-electron chi connectivity index (χ0n) is 13.7. The Morgan fingerprint density at radius 3 is 2.92 bits per heavy atom. The molecular formula is C16H22BrClN4O2. The first-order valence-corrected chi connectivity index (χ1v) is 8.37. The number of aromatic hydroxyl groups is 1. The molecule has 1 aliphatic rings. The van der Waals surface area contributed by atoms with E-state index in [-0.39, 0.29) is 24.2 Å². The fourth-order valence-electron chi connectivity index (χ4n) is 2.98. The third kappa shape index (κ3) is 3.69. The van der Waals surface area contributed by atoms with Crippen molar-refractivity contribution in [2.24, 2.45) is 7.05 Å². The van der Waals surface area contributed by atoms with E-state index in [1.807, 2.05) is 25.5 Å². The van der Waals surface area contributed by atoms with E-state index in [0.29, 0.717) is 10.2 Å². The molecule has 8 heteroatoms. The predicted molar refractivity (Wildman–Crippen MR) is 98.8 cm³/mol. The second-order valence-corrected chi connectivity index (χ2v) is 6.47. The average molecular weight is 418 g/mol. The Bertz CT molecular complexity index is 695. The van der Waals surface area contributed by atoms with Crippen LogP contribution in [0.15, 0.2) is 29.0 Å². The molecule has 2 aromatic rings. The summed E-state index contributed by atoms with van der Waals surface area (Å²) in [6.45, 7) is 3.47. The van der Waals surface area contributed by atoms with Gasteiger partial charge in [-0.3, -0.25) is 4.90 Å². The lowest BCUT2D eigenvalue weighted by atomic mass is 10.1. The Morgan fingerprint density at radius 1 is 1.46 bits per heavy atom. The lowest BCUT2D eigenvalue weighted by molar-refractivity contribution is 0.144. The summed E-state index contributed by atoms with van der Waals surface area (Å²) in [7, 11) is 3.57. The molecule has 1 aromatic heterocycles. The number of nitrogens with zero attached hydrogens (tertiary/aromatic N) is 3. The molecule has 1 unspecified atom stereocenters. The molecule has 3 rings (SSSR count). The number of hydrogen-bond donors (Lipinski definition) is 2. The van der Waals surface area contributed by atoms with Crippen LogP contribution in [0, 0.1) is 0 Å². The molecule has 6 nitrogen and oxygen atoms in total. The highest BCUT2D eigenvalue weighted by atomic mass is 79.9. The summed E-state index contributed by atoms with van der Waals surface area (Å²) in [5.41, 5.74) is 1.03. The summed E-state index contributed by atoms with van der Waals surface area (Å²) in [5, 5.41) is 13.6. The van der Waals surface area contributed by atoms with Crippen molar-refractivity contribution in [1.29, 1.82) is 0 Å². The number of ether oxygens (including phenoxy) is 1. The molecule has 1 fully saturated rings. The smallest absolute Gasteiger partial charge is 0.172 e. The standard InChI is InChI=1S/C16H21BrN4O2.ClH/c1-20-7-6-19-16(20)12-9-18-5-8-21(12)10-11-3-4-13(23-2)15(22)14(11)17;/h3-4,6-7,12,18,22H,5,8-10H2,1-2H3;1H. The Hall–Kier alpha value is -1.28. The minimum atomic E-state index is 0. The van der Waals surface area contributed by atoms with Gasteiger partial charge in [0, 0.05) is 45.6 Å². The molecule has 1 saturated heterocycles. The van der Waals surface area contributed by atoms with Crippen molar-refractivity contribution < 1.29 is 9.84 Å². The van der Waals surface area contributed by atoms with Crippen LogP contribution in [-0.4, -0.2) is 46.3 Å². The highest BCUT2D eigenvalue weighted by molar-refractivity contribution is 9.10. The minimum absolute atomic E-state index is 0. The lowest BCUT2D eigenvalue weighted by Gasteiger charge is -2.36. The summed E-state index contributed by atoms with van der Waals surface area (Å²) in [6.07, 6.45) is 3.80. The third-order valence-corrected chi connectivity index (χ3v) is 5.15. The van der Waals surface area contributed by atoms with E-state index < -0.39 is 0 Å². The molecule has 0 amide bonds. The van der Waals surface area contributed by atoms with E-state index in [0.717, 1.165) is 37.6 Å². The van der Waals surface area contributed by atoms with Gasteiger partial charge in [0.1, 0.15) is 5.82 Å². The summed E-state index contributed by atoms with van der Waals surface area (Å²) >= 11 is 3.49. The fraction of sp³-hybridized carbons (Fsp3) is 0.438. The molecule has 24 heavy (non-hydrogen) atoms. The largest absolute Gasteiger partial charge is 0.503 e. The zero-order chi connectivity index (χ0) is 16.4. The Balaban J connectivity index is 0.00000208. The van der Waals surface area contributed by atoms with Crippen molar-refractivity contribution in [1.82, 2.24) is 19.8 Å². The van der Waals surface area contributed by atoms with Crippen LogP contribution in [0.1, 0.15) is 17.4 Å². The van der Waals surface area contributed by atoms with Gasteiger partial charge in [0.05, 0.1) is 17.6 Å². The van der Waals surface area contributed by atoms with Gasteiger partial charge in [0.25, 0.3) is 0 Å². The van der Waals surface area contributed by atoms with Gasteiger partial charge in [-0.25, -0.2) is 4.98 Å². The zero-order valence-corrected chi connectivity index (χ0v) is 16.1. The lowest BCUT2D eigenvalue weighted by Crippen LogP contribution is -2.46. The van der Waals surface area contributed by atoms with Gasteiger partial charge in [-0.05, 0) is 27.6 Å². The summed E-state index contributed by atoms with van der Waals surface area (Å²) in [6, 6.07) is 3.99. The summed E-state index contributed by atoms with van der Waals surface area (Å²) in [4.78, 5) is 6.88. The molecular weight excluding hydrogens is 396 g/mol. The second-order valence-electron chi connectivity index (χ2n) is 5.68. The van der Waals surface area contributed by atoms with E-state index >= 15 is 0 Å². The first-order chi connectivity index (χ1) is 11.1. The van der Waals surface area contributed by atoms with Crippen molar-refractivity contribution >= 4 is 28.3 Å². The minimum Gasteiger partial charge on any atom is -0.503 e. The first kappa shape index (κ1) is 19.1. The number of benzene rings is 1. The number of aromatic nitrogens is 2. The SMILES string of the molecule is COc1ccc(CN2CCNCC2c2nccn2C)c(Br)c1O.Cl. The second kappa shape index (κ2) is 8.20. The number of nitrogens with one attached hydrogen (secondary N) is 1. The number of halogens is 2. The van der Waals surface area contributed by atoms with E-state index in [9.17, 15) is 5.11 Å². The van der Waals surface area contributed by atoms with Gasteiger partial charge in [0.2, 0.25) is 0 Å². The third-order valence-electron chi connectivity index (χ3n) is 4.26. The van der Waals surface area contributed by atoms with Crippen LogP contribution in [-0.2, 0) is 13.6 Å². The Labute approximate surface area is 156 Å². The molecule has 132 valence electrons. The monoisotopic (exact) mass is 416 g/mol. The number of aryl methyl sites for hydroxylation is 1. The molecule has 1 aromatic carbocycles. The molecule has 2 heterocycles. The number of methoxy groups -OCH3 is 1. The molecule has 0 aliphatic carbocycles. The number of piperazine rings is 1. The van der Waals surface area contributed by atoms with E-state index in [1.165, 1.54) is 0 Å². The molecule has 1 atom stereocenters. The van der Waals surface area contributed by atoms with E-state index in [1.54, 1.807) is 13.2 Å². The quantitative estimate of drug-likeness (QED) is 0.800. The van der Waals surface area contributed by atoms with E-state index in [2.05, 4.69) is 35.7 Å². The molecule has 0 spiro atoms. The van der Waals surface area contributed by atoms with Crippen LogP contribution in [0.3, 0.4) is 0 Å². The van der Waals surface area contributed by atoms with Gasteiger partial charge >= 0.3 is 0 Å². The maximum atomic E-state index is 10.2. The van der Waals surface area contributed by atoms with Crippen LogP contribution in [0.2, 0.25) is 0 Å². The normalized spacial score (nSPS) is 18.2. The van der Waals surface area contributed by atoms with Gasteiger partial charge < -0.3 is 19.7 Å². The molecule has 0 saturated carbocycles. The predicted octanol–water partition coefficient (Wildman–Crippen LogP) is 2.47. The van der Waals surface area contributed by atoms with Gasteiger partial charge in [-0.15, -0.1) is 12.4 Å². The maximum absolute atomic E-state index is 10.2. The van der Waals surface area contributed by atoms with Gasteiger partial charge in [-0.1, -0.05) is 6.07 Å². The van der Waals surface area contributed by atoms with Crippen LogP contribution < -0.4 is 10.1 Å². The van der Waals surface area contributed by atoms with Crippen molar-refractivity contribution in [3.8, 4) is 11.5 Å². The Morgan fingerprint density at radius 2 is 2.25 bits per heavy atom. The summed E-state index contributed by atoms with van der Waals surface area (Å²) < 4.78 is 7.90. The van der Waals surface area contributed by atoms with Crippen molar-refractivity contribution in [3.63, 3.8) is 0 Å². The number of phenolic OH excluding ortho intramolecular Hbond substituents is 1. The molecule has 1 aliphatic heterocycles. The van der Waals surface area contributed by atoms with Gasteiger partial charge in [0.15, 0.2) is 11.5 Å². The van der Waals surface area contributed by atoms with Crippen molar-refractivity contribution in [3.05, 3.63) is 40.4 Å². The van der Waals surface area contributed by atoms with Crippen LogP contribution in [0.25, 0.3) is 0 Å². The molecule has 2 N–H and O–H groups in total. The highest BCUT2D eigenvalue weighted by Gasteiger charge is 2.27. The van der Waals surface area contributed by atoms with E-state index in [4.69, 9.17) is 4.74 Å². The average Bonchev–Trinajstić information content (AvgIpc) is 2.98. The van der Waals surface area contributed by atoms with Crippen LogP contribution in [0.5, 0.6) is 11.5 Å². The topological polar surface area (TPSA) is 62.5 Å². The number of hydrogen-bond acceptors (Lipinski definition) is 5. The van der Waals surface area contributed by atoms with Crippen LogP contribution in [0.4, 0.5) is 0 Å². The van der Waals surface area contributed by atoms with Gasteiger partial charge in [-0.2, -0.15) is 0 Å². The number of phenols is 1. The number of rotatable bonds is 4.